The van der Waals surface area contributed by atoms with Gasteiger partial charge in [-0.25, -0.2) is 4.90 Å². The lowest BCUT2D eigenvalue weighted by Gasteiger charge is -2.23. The normalized spacial score (nSPS) is 15.7. The molecule has 0 aliphatic carbocycles. The minimum atomic E-state index is -5.19. The average molecular weight is 466 g/mol. The zero-order chi connectivity index (χ0) is 23.1. The minimum Gasteiger partial charge on any atom is -0.426 e. The topological polar surface area (TPSA) is 63.7 Å². The van der Waals surface area contributed by atoms with E-state index in [1.807, 2.05) is 0 Å². The van der Waals surface area contributed by atoms with Crippen LogP contribution in [0.15, 0.2) is 36.4 Å². The Bertz CT molecular complexity index is 1050. The van der Waals surface area contributed by atoms with Crippen LogP contribution in [0.25, 0.3) is 0 Å². The van der Waals surface area contributed by atoms with Crippen LogP contribution < -0.4 is 9.64 Å². The number of anilines is 1. The van der Waals surface area contributed by atoms with Crippen LogP contribution in [0, 0.1) is 0 Å². The molecule has 2 aromatic rings. The van der Waals surface area contributed by atoms with E-state index in [0.29, 0.717) is 0 Å². The van der Waals surface area contributed by atoms with Crippen LogP contribution in [0.2, 0.25) is 5.02 Å². The van der Waals surface area contributed by atoms with Gasteiger partial charge in [0.1, 0.15) is 5.75 Å². The molecular formula is C19H10ClF6NO4. The summed E-state index contributed by atoms with van der Waals surface area (Å²) >= 11 is 5.82. The molecule has 0 atom stereocenters. The van der Waals surface area contributed by atoms with Crippen LogP contribution in [0.3, 0.4) is 0 Å². The highest BCUT2D eigenvalue weighted by molar-refractivity contribution is 6.31. The number of fused-ring (bicyclic) bond motifs is 1. The number of hydrogen-bond donors (Lipinski definition) is 0. The molecule has 0 spiro atoms. The number of carbonyl (C=O) groups excluding carboxylic acids is 3. The maximum absolute atomic E-state index is 13.2. The number of rotatable bonds is 1. The maximum atomic E-state index is 13.2. The van der Waals surface area contributed by atoms with Crippen molar-refractivity contribution in [2.45, 2.75) is 25.2 Å². The van der Waals surface area contributed by atoms with Gasteiger partial charge in [0.25, 0.3) is 5.91 Å². The largest absolute Gasteiger partial charge is 0.426 e. The second kappa shape index (κ2) is 7.88. The summed E-state index contributed by atoms with van der Waals surface area (Å²) in [4.78, 5) is 37.6. The van der Waals surface area contributed by atoms with Crippen molar-refractivity contribution >= 4 is 35.1 Å². The second-order valence-corrected chi connectivity index (χ2v) is 6.85. The molecule has 0 aromatic heterocycles. The summed E-state index contributed by atoms with van der Waals surface area (Å²) in [5.74, 6) is -3.76. The van der Waals surface area contributed by atoms with E-state index in [1.165, 1.54) is 6.07 Å². The molecule has 2 aromatic carbocycles. The van der Waals surface area contributed by atoms with Gasteiger partial charge in [-0.3, -0.25) is 14.4 Å². The predicted octanol–water partition coefficient (Wildman–Crippen LogP) is 5.25. The molecule has 1 heterocycles. The number of benzene rings is 2. The Morgan fingerprint density at radius 2 is 1.42 bits per heavy atom. The first-order valence-electron chi connectivity index (χ1n) is 8.44. The van der Waals surface area contributed by atoms with Crippen molar-refractivity contribution in [3.05, 3.63) is 58.1 Å². The third-order valence-corrected chi connectivity index (χ3v) is 4.46. The molecule has 2 amide bonds. The van der Waals surface area contributed by atoms with Crippen molar-refractivity contribution in [3.63, 3.8) is 0 Å². The lowest BCUT2D eigenvalue weighted by atomic mass is 10.1. The van der Waals surface area contributed by atoms with Gasteiger partial charge in [0.05, 0.1) is 28.8 Å². The van der Waals surface area contributed by atoms with Gasteiger partial charge < -0.3 is 4.74 Å². The SMILES string of the molecule is O=C1CCC(=O)N(c2cc(C(F)(F)F)cc(C(F)(F)F)c2)C(=O)c2cc(Cl)ccc2O1. The molecule has 31 heavy (non-hydrogen) atoms. The van der Waals surface area contributed by atoms with Gasteiger partial charge in [-0.1, -0.05) is 11.6 Å². The highest BCUT2D eigenvalue weighted by Crippen LogP contribution is 2.39. The fourth-order valence-corrected chi connectivity index (χ4v) is 2.99. The van der Waals surface area contributed by atoms with Crippen LogP contribution in [0.4, 0.5) is 32.0 Å². The predicted molar refractivity (Wildman–Crippen MR) is 94.6 cm³/mol. The van der Waals surface area contributed by atoms with Crippen LogP contribution in [-0.4, -0.2) is 17.8 Å². The maximum Gasteiger partial charge on any atom is 0.416 e. The van der Waals surface area contributed by atoms with E-state index in [2.05, 4.69) is 0 Å². The molecule has 164 valence electrons. The molecule has 1 aliphatic rings. The van der Waals surface area contributed by atoms with Crippen molar-refractivity contribution in [3.8, 4) is 5.75 Å². The van der Waals surface area contributed by atoms with Gasteiger partial charge in [0.15, 0.2) is 0 Å². The van der Waals surface area contributed by atoms with Crippen molar-refractivity contribution in [1.29, 1.82) is 0 Å². The number of halogens is 7. The highest BCUT2D eigenvalue weighted by Gasteiger charge is 2.39. The molecule has 0 fully saturated rings. The Morgan fingerprint density at radius 1 is 0.839 bits per heavy atom. The summed E-state index contributed by atoms with van der Waals surface area (Å²) < 4.78 is 84.3. The third kappa shape index (κ3) is 4.82. The Labute approximate surface area is 175 Å². The van der Waals surface area contributed by atoms with Gasteiger partial charge >= 0.3 is 18.3 Å². The quantitative estimate of drug-likeness (QED) is 0.250. The molecule has 0 bridgehead atoms. The Balaban J connectivity index is 2.25. The third-order valence-electron chi connectivity index (χ3n) is 4.22. The number of amides is 2. The first-order valence-corrected chi connectivity index (χ1v) is 8.82. The van der Waals surface area contributed by atoms with Crippen LogP contribution >= 0.6 is 11.6 Å². The van der Waals surface area contributed by atoms with Gasteiger partial charge in [-0.2, -0.15) is 26.3 Å². The molecule has 0 N–H and O–H groups in total. The minimum absolute atomic E-state index is 0.0465. The Hall–Kier alpha value is -3.08. The van der Waals surface area contributed by atoms with Gasteiger partial charge in [-0.05, 0) is 36.4 Å². The average Bonchev–Trinajstić information content (AvgIpc) is 2.69. The number of imide groups is 1. The fourth-order valence-electron chi connectivity index (χ4n) is 2.82. The summed E-state index contributed by atoms with van der Waals surface area (Å²) in [6.45, 7) is 0. The van der Waals surface area contributed by atoms with Crippen molar-refractivity contribution in [2.75, 3.05) is 4.90 Å². The standard InChI is InChI=1S/C19H10ClF6NO4/c20-11-1-2-14-13(8-11)17(30)27(15(28)3-4-16(29)31-14)12-6-9(18(21,22)23)5-10(7-12)19(24,25)26/h1-2,5-8H,3-4H2. The van der Waals surface area contributed by atoms with Crippen molar-refractivity contribution < 1.29 is 45.5 Å². The molecule has 3 rings (SSSR count). The van der Waals surface area contributed by atoms with E-state index in [-0.39, 0.29) is 33.9 Å². The smallest absolute Gasteiger partial charge is 0.416 e. The van der Waals surface area contributed by atoms with E-state index in [9.17, 15) is 40.7 Å². The summed E-state index contributed by atoms with van der Waals surface area (Å²) in [6.07, 6.45) is -11.6. The Kier molecular flexibility index (Phi) is 5.74. The molecular weight excluding hydrogens is 456 g/mol. The van der Waals surface area contributed by atoms with Crippen LogP contribution in [0.5, 0.6) is 5.75 Å². The van der Waals surface area contributed by atoms with Crippen molar-refractivity contribution in [2.24, 2.45) is 0 Å². The lowest BCUT2D eigenvalue weighted by Crippen LogP contribution is -2.37. The van der Waals surface area contributed by atoms with E-state index < -0.39 is 65.4 Å². The summed E-state index contributed by atoms with van der Waals surface area (Å²) in [5.41, 5.74) is -4.87. The zero-order valence-corrected chi connectivity index (χ0v) is 15.9. The molecule has 0 saturated carbocycles. The van der Waals surface area contributed by atoms with Gasteiger partial charge in [-0.15, -0.1) is 0 Å². The summed E-state index contributed by atoms with van der Waals surface area (Å²) in [6, 6.07) is 3.71. The molecule has 0 radical (unpaired) electrons. The first-order chi connectivity index (χ1) is 14.3. The highest BCUT2D eigenvalue weighted by atomic mass is 35.5. The van der Waals surface area contributed by atoms with E-state index in [1.54, 1.807) is 0 Å². The number of nitrogens with zero attached hydrogens (tertiary/aromatic N) is 1. The van der Waals surface area contributed by atoms with E-state index in [0.717, 1.165) is 12.1 Å². The Morgan fingerprint density at radius 3 is 1.97 bits per heavy atom. The lowest BCUT2D eigenvalue weighted by molar-refractivity contribution is -0.143. The van der Waals surface area contributed by atoms with Crippen LogP contribution in [0.1, 0.15) is 34.3 Å². The number of esters is 1. The molecule has 0 saturated heterocycles. The number of carbonyl (C=O) groups is 3. The number of hydrogen-bond acceptors (Lipinski definition) is 4. The first kappa shape index (κ1) is 22.6. The monoisotopic (exact) mass is 465 g/mol. The number of alkyl halides is 6. The van der Waals surface area contributed by atoms with Gasteiger partial charge in [0, 0.05) is 11.4 Å². The van der Waals surface area contributed by atoms with E-state index >= 15 is 0 Å². The summed E-state index contributed by atoms with van der Waals surface area (Å²) in [7, 11) is 0. The zero-order valence-electron chi connectivity index (χ0n) is 15.1. The fraction of sp³-hybridized carbons (Fsp3) is 0.211. The van der Waals surface area contributed by atoms with Gasteiger partial charge in [0.2, 0.25) is 5.91 Å². The number of ether oxygens (including phenoxy) is 1. The summed E-state index contributed by atoms with van der Waals surface area (Å²) in [5, 5.41) is -0.0465. The van der Waals surface area contributed by atoms with Crippen molar-refractivity contribution in [1.82, 2.24) is 0 Å². The van der Waals surface area contributed by atoms with E-state index in [4.69, 9.17) is 16.3 Å². The molecule has 5 nitrogen and oxygen atoms in total. The molecule has 0 unspecified atom stereocenters. The van der Waals surface area contributed by atoms with Crippen LogP contribution in [-0.2, 0) is 21.9 Å². The second-order valence-electron chi connectivity index (χ2n) is 6.41. The molecule has 12 heteroatoms. The molecule has 1 aliphatic heterocycles.